The van der Waals surface area contributed by atoms with Crippen LogP contribution in [0, 0.1) is 5.21 Å². The molecule has 0 aliphatic rings. The molecule has 0 aliphatic heterocycles. The lowest BCUT2D eigenvalue weighted by Gasteiger charge is -2.17. The van der Waals surface area contributed by atoms with Crippen LogP contribution >= 0.6 is 23.2 Å². The average molecular weight is 582 g/mol. The van der Waals surface area contributed by atoms with Gasteiger partial charge in [-0.25, -0.2) is 4.98 Å². The van der Waals surface area contributed by atoms with Gasteiger partial charge in [-0.1, -0.05) is 23.2 Å². The van der Waals surface area contributed by atoms with Gasteiger partial charge in [-0.2, -0.15) is 26.7 Å². The SMILES string of the molecule is O=C(Cn1c(Cl)cnc(NCC(F)(F)c2cccc[n+]2[O-])c1=O)NCc1cc(Cl)ccc1OCC(F)(F)F. The summed E-state index contributed by atoms with van der Waals surface area (Å²) in [6, 6.07) is 7.25. The monoisotopic (exact) mass is 581 g/mol. The predicted molar refractivity (Wildman–Crippen MR) is 126 cm³/mol. The maximum atomic E-state index is 14.5. The fraction of sp³-hybridized carbons (Fsp3) is 0.273. The molecule has 0 bridgehead atoms. The van der Waals surface area contributed by atoms with Gasteiger partial charge in [-0.05, 0) is 24.3 Å². The van der Waals surface area contributed by atoms with Gasteiger partial charge in [0.2, 0.25) is 5.91 Å². The molecule has 9 nitrogen and oxygen atoms in total. The molecule has 0 atom stereocenters. The third-order valence-electron chi connectivity index (χ3n) is 4.87. The molecule has 0 radical (unpaired) electrons. The fourth-order valence-corrected chi connectivity index (χ4v) is 3.49. The number of carbonyl (C=O) groups is 1. The molecule has 1 aromatic carbocycles. The molecule has 0 spiro atoms. The molecule has 0 unspecified atom stereocenters. The Labute approximate surface area is 221 Å². The molecule has 3 aromatic rings. The first kappa shape index (κ1) is 28.9. The van der Waals surface area contributed by atoms with Gasteiger partial charge in [0.15, 0.2) is 18.6 Å². The number of nitrogens with zero attached hydrogens (tertiary/aromatic N) is 3. The number of anilines is 1. The van der Waals surface area contributed by atoms with Gasteiger partial charge >= 0.3 is 12.1 Å². The van der Waals surface area contributed by atoms with E-state index in [1.807, 2.05) is 0 Å². The van der Waals surface area contributed by atoms with Crippen molar-refractivity contribution in [3.8, 4) is 5.75 Å². The van der Waals surface area contributed by atoms with Gasteiger partial charge < -0.3 is 20.6 Å². The summed E-state index contributed by atoms with van der Waals surface area (Å²) in [5.41, 5.74) is -1.74. The summed E-state index contributed by atoms with van der Waals surface area (Å²) in [4.78, 5) is 28.9. The number of carbonyl (C=O) groups excluding carboxylic acids is 1. The first-order valence-electron chi connectivity index (χ1n) is 10.6. The third-order valence-corrected chi connectivity index (χ3v) is 5.41. The molecular formula is C22H18Cl2F5N5O4. The Hall–Kier alpha value is -3.65. The van der Waals surface area contributed by atoms with E-state index in [9.17, 15) is 36.7 Å². The number of nitrogens with one attached hydrogen (secondary N) is 2. The average Bonchev–Trinajstić information content (AvgIpc) is 2.83. The van der Waals surface area contributed by atoms with Crippen LogP contribution in [0.4, 0.5) is 27.8 Å². The standard InChI is InChI=1S/C22H18Cl2F5N5O4/c23-14-4-5-15(38-12-22(27,28)29)13(7-14)8-30-18(35)10-33-17(24)9-31-19(20(33)36)32-11-21(25,26)16-3-1-2-6-34(16)37/h1-7,9H,8,10-12H2,(H,30,35)(H,31,32). The lowest BCUT2D eigenvalue weighted by atomic mass is 10.2. The zero-order valence-electron chi connectivity index (χ0n) is 19.1. The summed E-state index contributed by atoms with van der Waals surface area (Å²) in [6.45, 7) is -3.71. The molecule has 2 aromatic heterocycles. The summed E-state index contributed by atoms with van der Waals surface area (Å²) < 4.78 is 71.9. The normalized spacial score (nSPS) is 11.8. The molecule has 0 fully saturated rings. The second-order valence-electron chi connectivity index (χ2n) is 7.72. The Kier molecular flexibility index (Phi) is 8.99. The molecule has 0 aliphatic carbocycles. The highest BCUT2D eigenvalue weighted by molar-refractivity contribution is 6.30. The number of alkyl halides is 5. The summed E-state index contributed by atoms with van der Waals surface area (Å²) in [5, 5.41) is 16.1. The number of rotatable bonds is 10. The van der Waals surface area contributed by atoms with Crippen LogP contribution in [0.1, 0.15) is 11.3 Å². The Morgan fingerprint density at radius 1 is 1.16 bits per heavy atom. The van der Waals surface area contributed by atoms with Crippen LogP contribution in [-0.2, 0) is 23.8 Å². The topological polar surface area (TPSA) is 112 Å². The zero-order valence-corrected chi connectivity index (χ0v) is 20.6. The van der Waals surface area contributed by atoms with Gasteiger partial charge in [0.1, 0.15) is 17.4 Å². The Bertz CT molecular complexity index is 1370. The minimum absolute atomic E-state index is 0.0148. The minimum Gasteiger partial charge on any atom is -0.618 e. The van der Waals surface area contributed by atoms with E-state index in [1.54, 1.807) is 0 Å². The van der Waals surface area contributed by atoms with E-state index in [0.717, 1.165) is 23.0 Å². The lowest BCUT2D eigenvalue weighted by Crippen LogP contribution is -2.41. The highest BCUT2D eigenvalue weighted by atomic mass is 35.5. The van der Waals surface area contributed by atoms with E-state index in [0.29, 0.717) is 0 Å². The molecule has 204 valence electrons. The second kappa shape index (κ2) is 11.8. The number of ether oxygens (including phenoxy) is 1. The largest absolute Gasteiger partial charge is 0.618 e. The maximum absolute atomic E-state index is 14.5. The molecule has 3 rings (SSSR count). The van der Waals surface area contributed by atoms with E-state index in [1.165, 1.54) is 30.3 Å². The van der Waals surface area contributed by atoms with Crippen molar-refractivity contribution in [2.45, 2.75) is 25.2 Å². The summed E-state index contributed by atoms with van der Waals surface area (Å²) in [7, 11) is 0. The predicted octanol–water partition coefficient (Wildman–Crippen LogP) is 3.64. The van der Waals surface area contributed by atoms with Crippen LogP contribution in [0.15, 0.2) is 53.6 Å². The Morgan fingerprint density at radius 3 is 2.58 bits per heavy atom. The van der Waals surface area contributed by atoms with Crippen molar-refractivity contribution >= 4 is 34.9 Å². The van der Waals surface area contributed by atoms with Crippen LogP contribution in [-0.4, -0.2) is 34.8 Å². The van der Waals surface area contributed by atoms with Crippen molar-refractivity contribution in [3.63, 3.8) is 0 Å². The number of halogens is 7. The number of pyridine rings is 1. The quantitative estimate of drug-likeness (QED) is 0.215. The van der Waals surface area contributed by atoms with E-state index < -0.39 is 54.8 Å². The minimum atomic E-state index is -4.59. The summed E-state index contributed by atoms with van der Waals surface area (Å²) in [5.74, 6) is -5.21. The van der Waals surface area contributed by atoms with Crippen LogP contribution in [0.25, 0.3) is 0 Å². The number of aromatic nitrogens is 3. The van der Waals surface area contributed by atoms with E-state index in [2.05, 4.69) is 15.6 Å². The van der Waals surface area contributed by atoms with Gasteiger partial charge in [0.05, 0.1) is 12.7 Å². The zero-order chi connectivity index (χ0) is 28.1. The highest BCUT2D eigenvalue weighted by Gasteiger charge is 2.39. The van der Waals surface area contributed by atoms with Gasteiger partial charge in [0, 0.05) is 29.3 Å². The lowest BCUT2D eigenvalue weighted by molar-refractivity contribution is -0.624. The number of amides is 1. The van der Waals surface area contributed by atoms with E-state index >= 15 is 0 Å². The molecule has 2 heterocycles. The van der Waals surface area contributed by atoms with Crippen LogP contribution in [0.3, 0.4) is 0 Å². The molecule has 16 heteroatoms. The Morgan fingerprint density at radius 2 is 1.89 bits per heavy atom. The molecule has 38 heavy (non-hydrogen) atoms. The van der Waals surface area contributed by atoms with Gasteiger partial charge in [-0.3, -0.25) is 14.2 Å². The van der Waals surface area contributed by atoms with Crippen LogP contribution in [0.5, 0.6) is 5.75 Å². The Balaban J connectivity index is 1.69. The second-order valence-corrected chi connectivity index (χ2v) is 8.55. The van der Waals surface area contributed by atoms with Crippen LogP contribution in [0.2, 0.25) is 10.2 Å². The third kappa shape index (κ3) is 7.68. The number of hydrogen-bond acceptors (Lipinski definition) is 6. The number of benzene rings is 1. The molecule has 0 saturated carbocycles. The van der Waals surface area contributed by atoms with E-state index in [4.69, 9.17) is 27.9 Å². The van der Waals surface area contributed by atoms with Crippen LogP contribution < -0.4 is 25.7 Å². The molecule has 1 amide bonds. The van der Waals surface area contributed by atoms with Gasteiger partial charge in [0.25, 0.3) is 11.3 Å². The van der Waals surface area contributed by atoms with Crippen molar-refractivity contribution in [3.05, 3.63) is 85.8 Å². The summed E-state index contributed by atoms with van der Waals surface area (Å²) in [6.07, 6.45) is -2.75. The summed E-state index contributed by atoms with van der Waals surface area (Å²) >= 11 is 11.8. The fourth-order valence-electron chi connectivity index (χ4n) is 3.11. The highest BCUT2D eigenvalue weighted by Crippen LogP contribution is 2.26. The maximum Gasteiger partial charge on any atom is 0.422 e. The smallest absolute Gasteiger partial charge is 0.422 e. The first-order chi connectivity index (χ1) is 17.8. The van der Waals surface area contributed by atoms with Crippen molar-refractivity contribution in [2.24, 2.45) is 0 Å². The van der Waals surface area contributed by atoms with Crippen molar-refractivity contribution in [2.75, 3.05) is 18.5 Å². The molecule has 0 saturated heterocycles. The van der Waals surface area contributed by atoms with Gasteiger partial charge in [-0.15, -0.1) is 0 Å². The van der Waals surface area contributed by atoms with Crippen molar-refractivity contribution in [1.29, 1.82) is 0 Å². The number of hydrogen-bond donors (Lipinski definition) is 2. The first-order valence-corrected chi connectivity index (χ1v) is 11.3. The van der Waals surface area contributed by atoms with E-state index in [-0.39, 0.29) is 32.8 Å². The molecular weight excluding hydrogens is 564 g/mol. The molecule has 2 N–H and O–H groups in total. The van der Waals surface area contributed by atoms with Crippen molar-refractivity contribution < 1.29 is 36.2 Å². The van der Waals surface area contributed by atoms with Crippen molar-refractivity contribution in [1.82, 2.24) is 14.9 Å².